The lowest BCUT2D eigenvalue weighted by molar-refractivity contribution is -0.387. The van der Waals surface area contributed by atoms with E-state index >= 15 is 0 Å². The van der Waals surface area contributed by atoms with E-state index in [9.17, 15) is 28.1 Å². The molecule has 0 saturated heterocycles. The van der Waals surface area contributed by atoms with E-state index in [0.717, 1.165) is 16.8 Å². The van der Waals surface area contributed by atoms with Gasteiger partial charge in [0.05, 0.1) is 23.7 Å². The van der Waals surface area contributed by atoms with Crippen LogP contribution in [0.3, 0.4) is 0 Å². The molecule has 0 spiro atoms. The largest absolute Gasteiger partial charge is 0.346 e. The minimum Gasteiger partial charge on any atom is -0.346 e. The predicted molar refractivity (Wildman–Crippen MR) is 93.6 cm³/mol. The Morgan fingerprint density at radius 3 is 2.48 bits per heavy atom. The van der Waals surface area contributed by atoms with Gasteiger partial charge in [0.25, 0.3) is 11.6 Å². The maximum Gasteiger partial charge on any atom is 0.289 e. The first-order valence-corrected chi connectivity index (χ1v) is 9.16. The number of amides is 1. The molecule has 0 aliphatic carbocycles. The van der Waals surface area contributed by atoms with Crippen LogP contribution in [0.4, 0.5) is 5.69 Å². The van der Waals surface area contributed by atoms with Crippen LogP contribution < -0.4 is 10.0 Å². The summed E-state index contributed by atoms with van der Waals surface area (Å²) in [6.07, 6.45) is 0. The molecule has 12 heteroatoms. The Kier molecular flexibility index (Phi) is 6.02. The number of nitro benzene ring substituents is 1. The summed E-state index contributed by atoms with van der Waals surface area (Å²) in [6, 6.07) is 6.45. The molecule has 0 fully saturated rings. The summed E-state index contributed by atoms with van der Waals surface area (Å²) in [6.45, 7) is 2.33. The standard InChI is InChI=1S/C15H17N5O6S/c1-10-7-11(2)19(18-10)15(22)9-16-14(21)8-17-27(25,26)13-6-4-3-5-12(13)20(23)24/h3-7,17H,8-9H2,1-2H3,(H,16,21). The van der Waals surface area contributed by atoms with Crippen molar-refractivity contribution in [2.45, 2.75) is 18.7 Å². The van der Waals surface area contributed by atoms with Crippen molar-refractivity contribution in [3.63, 3.8) is 0 Å². The van der Waals surface area contributed by atoms with Crippen molar-refractivity contribution in [1.82, 2.24) is 19.8 Å². The summed E-state index contributed by atoms with van der Waals surface area (Å²) in [7, 11) is -4.28. The Labute approximate surface area is 154 Å². The van der Waals surface area contributed by atoms with Gasteiger partial charge in [-0.25, -0.2) is 17.8 Å². The highest BCUT2D eigenvalue weighted by atomic mass is 32.2. The summed E-state index contributed by atoms with van der Waals surface area (Å²) in [5.74, 6) is -1.26. The number of hydrogen-bond acceptors (Lipinski definition) is 7. The number of rotatable bonds is 7. The predicted octanol–water partition coefficient (Wildman–Crippen LogP) is 0.143. The zero-order valence-corrected chi connectivity index (χ0v) is 15.3. The van der Waals surface area contributed by atoms with Crippen LogP contribution >= 0.6 is 0 Å². The van der Waals surface area contributed by atoms with Crippen molar-refractivity contribution in [2.24, 2.45) is 0 Å². The number of benzene rings is 1. The number of aryl methyl sites for hydroxylation is 2. The number of hydrogen-bond donors (Lipinski definition) is 2. The fraction of sp³-hybridized carbons (Fsp3) is 0.267. The molecule has 1 heterocycles. The lowest BCUT2D eigenvalue weighted by atomic mass is 10.3. The normalized spacial score (nSPS) is 11.2. The molecule has 11 nitrogen and oxygen atoms in total. The third kappa shape index (κ3) is 4.95. The quantitative estimate of drug-likeness (QED) is 0.499. The number of nitrogens with zero attached hydrogens (tertiary/aromatic N) is 3. The van der Waals surface area contributed by atoms with Gasteiger partial charge in [-0.05, 0) is 26.0 Å². The van der Waals surface area contributed by atoms with Crippen LogP contribution in [-0.4, -0.2) is 48.0 Å². The van der Waals surface area contributed by atoms with E-state index in [-0.39, 0.29) is 6.54 Å². The minimum atomic E-state index is -4.28. The van der Waals surface area contributed by atoms with Gasteiger partial charge in [-0.1, -0.05) is 12.1 Å². The molecule has 0 atom stereocenters. The minimum absolute atomic E-state index is 0.381. The van der Waals surface area contributed by atoms with Gasteiger partial charge in [0.1, 0.15) is 0 Å². The van der Waals surface area contributed by atoms with E-state index in [1.54, 1.807) is 19.9 Å². The summed E-state index contributed by atoms with van der Waals surface area (Å²) in [5, 5.41) is 17.2. The molecule has 0 aliphatic heterocycles. The van der Waals surface area contributed by atoms with Crippen LogP contribution in [0.1, 0.15) is 16.2 Å². The van der Waals surface area contributed by atoms with Gasteiger partial charge < -0.3 is 5.32 Å². The molecule has 2 aromatic rings. The third-order valence-corrected chi connectivity index (χ3v) is 4.91. The lowest BCUT2D eigenvalue weighted by Crippen LogP contribution is -2.40. The molecule has 1 aromatic heterocycles. The van der Waals surface area contributed by atoms with Crippen molar-refractivity contribution >= 4 is 27.5 Å². The number of sulfonamides is 1. The number of nitrogens with one attached hydrogen (secondary N) is 2. The molecule has 0 aliphatic rings. The van der Waals surface area contributed by atoms with Crippen molar-refractivity contribution in [3.8, 4) is 0 Å². The second-order valence-electron chi connectivity index (χ2n) is 5.56. The molecule has 0 bridgehead atoms. The first kappa shape index (κ1) is 20.2. The van der Waals surface area contributed by atoms with Crippen LogP contribution in [0.2, 0.25) is 0 Å². The van der Waals surface area contributed by atoms with Crippen molar-refractivity contribution < 1.29 is 22.9 Å². The van der Waals surface area contributed by atoms with E-state index < -0.39 is 43.9 Å². The third-order valence-electron chi connectivity index (χ3n) is 3.46. The molecule has 2 rings (SSSR count). The van der Waals surface area contributed by atoms with E-state index in [0.29, 0.717) is 11.4 Å². The maximum atomic E-state index is 12.2. The first-order valence-electron chi connectivity index (χ1n) is 7.68. The van der Waals surface area contributed by atoms with Crippen molar-refractivity contribution in [3.05, 3.63) is 51.8 Å². The highest BCUT2D eigenvalue weighted by Gasteiger charge is 2.25. The Hall–Kier alpha value is -3.12. The molecule has 2 N–H and O–H groups in total. The van der Waals surface area contributed by atoms with Gasteiger partial charge in [-0.15, -0.1) is 0 Å². The number of carbonyl (C=O) groups excluding carboxylic acids is 2. The van der Waals surface area contributed by atoms with Gasteiger partial charge >= 0.3 is 0 Å². The number of carbonyl (C=O) groups is 2. The maximum absolute atomic E-state index is 12.2. The Morgan fingerprint density at radius 1 is 1.22 bits per heavy atom. The van der Waals surface area contributed by atoms with Crippen LogP contribution in [-0.2, 0) is 14.8 Å². The first-order chi connectivity index (χ1) is 12.6. The zero-order valence-electron chi connectivity index (χ0n) is 14.5. The fourth-order valence-electron chi connectivity index (χ4n) is 2.27. The molecule has 0 unspecified atom stereocenters. The van der Waals surface area contributed by atoms with Crippen molar-refractivity contribution in [1.29, 1.82) is 0 Å². The number of aromatic nitrogens is 2. The number of nitro groups is 1. The topological polar surface area (TPSA) is 153 Å². The van der Waals surface area contributed by atoms with E-state index in [2.05, 4.69) is 10.4 Å². The second-order valence-corrected chi connectivity index (χ2v) is 7.29. The lowest BCUT2D eigenvalue weighted by Gasteiger charge is -2.08. The summed E-state index contributed by atoms with van der Waals surface area (Å²) >= 11 is 0. The number of para-hydroxylation sites is 1. The molecular weight excluding hydrogens is 378 g/mol. The van der Waals surface area contributed by atoms with Crippen LogP contribution in [0.25, 0.3) is 0 Å². The Morgan fingerprint density at radius 2 is 1.89 bits per heavy atom. The molecule has 144 valence electrons. The fourth-order valence-corrected chi connectivity index (χ4v) is 3.42. The highest BCUT2D eigenvalue weighted by molar-refractivity contribution is 7.89. The molecular formula is C15H17N5O6S. The van der Waals surface area contributed by atoms with Gasteiger partial charge in [0.2, 0.25) is 15.9 Å². The van der Waals surface area contributed by atoms with Crippen LogP contribution in [0.15, 0.2) is 35.2 Å². The van der Waals surface area contributed by atoms with Gasteiger partial charge in [0.15, 0.2) is 4.90 Å². The SMILES string of the molecule is Cc1cc(C)n(C(=O)CNC(=O)CNS(=O)(=O)c2ccccc2[N+](=O)[O-])n1. The van der Waals surface area contributed by atoms with Crippen LogP contribution in [0, 0.1) is 24.0 Å². The molecule has 27 heavy (non-hydrogen) atoms. The highest BCUT2D eigenvalue weighted by Crippen LogP contribution is 2.22. The van der Waals surface area contributed by atoms with E-state index in [1.165, 1.54) is 12.1 Å². The molecule has 0 radical (unpaired) electrons. The molecule has 1 aromatic carbocycles. The van der Waals surface area contributed by atoms with Crippen LogP contribution in [0.5, 0.6) is 0 Å². The summed E-state index contributed by atoms with van der Waals surface area (Å²) < 4.78 is 27.5. The monoisotopic (exact) mass is 395 g/mol. The average molecular weight is 395 g/mol. The molecule has 0 saturated carbocycles. The van der Waals surface area contributed by atoms with E-state index in [4.69, 9.17) is 0 Å². The van der Waals surface area contributed by atoms with Gasteiger partial charge in [-0.3, -0.25) is 19.7 Å². The Balaban J connectivity index is 1.96. The second kappa shape index (κ2) is 8.05. The van der Waals surface area contributed by atoms with Crippen molar-refractivity contribution in [2.75, 3.05) is 13.1 Å². The zero-order chi connectivity index (χ0) is 20.2. The molecule has 1 amide bonds. The smallest absolute Gasteiger partial charge is 0.289 e. The summed E-state index contributed by atoms with van der Waals surface area (Å²) in [5.41, 5.74) is 0.637. The Bertz CT molecular complexity index is 998. The van der Waals surface area contributed by atoms with Gasteiger partial charge in [0, 0.05) is 11.8 Å². The van der Waals surface area contributed by atoms with Gasteiger partial charge in [-0.2, -0.15) is 5.10 Å². The van der Waals surface area contributed by atoms with E-state index in [1.807, 2.05) is 4.72 Å². The summed E-state index contributed by atoms with van der Waals surface area (Å²) in [4.78, 5) is 33.4. The average Bonchev–Trinajstić information content (AvgIpc) is 2.96.